The van der Waals surface area contributed by atoms with Gasteiger partial charge >= 0.3 is 0 Å². The Balaban J connectivity index is 1.51. The standard InChI is InChI=1S/C21H21FN2O4/c1-14-6-7-19(20(10-14)26-2)27-13-17-12-18(24-28-17)21(25)23-9-8-15-4-3-5-16(22)11-15/h3-7,10-12H,8-9,13H2,1-2H3,(H,23,25). The molecule has 0 radical (unpaired) electrons. The van der Waals surface area contributed by atoms with Crippen molar-refractivity contribution in [1.82, 2.24) is 10.5 Å². The maximum Gasteiger partial charge on any atom is 0.273 e. The van der Waals surface area contributed by atoms with Crippen LogP contribution in [0.15, 0.2) is 53.1 Å². The Labute approximate surface area is 162 Å². The molecule has 1 aromatic heterocycles. The van der Waals surface area contributed by atoms with Crippen LogP contribution in [0, 0.1) is 12.7 Å². The molecule has 0 unspecified atom stereocenters. The van der Waals surface area contributed by atoms with E-state index in [4.69, 9.17) is 14.0 Å². The van der Waals surface area contributed by atoms with Crippen molar-refractivity contribution >= 4 is 5.91 Å². The van der Waals surface area contributed by atoms with E-state index in [1.807, 2.05) is 25.1 Å². The quantitative estimate of drug-likeness (QED) is 0.641. The lowest BCUT2D eigenvalue weighted by Gasteiger charge is -2.09. The summed E-state index contributed by atoms with van der Waals surface area (Å²) >= 11 is 0. The highest BCUT2D eigenvalue weighted by molar-refractivity contribution is 5.92. The number of carbonyl (C=O) groups excluding carboxylic acids is 1. The summed E-state index contributed by atoms with van der Waals surface area (Å²) in [5.74, 6) is 0.952. The van der Waals surface area contributed by atoms with E-state index in [0.29, 0.717) is 30.2 Å². The van der Waals surface area contributed by atoms with E-state index in [0.717, 1.165) is 11.1 Å². The highest BCUT2D eigenvalue weighted by Crippen LogP contribution is 2.28. The number of aryl methyl sites for hydroxylation is 1. The van der Waals surface area contributed by atoms with Crippen molar-refractivity contribution in [2.24, 2.45) is 0 Å². The summed E-state index contributed by atoms with van der Waals surface area (Å²) in [6.45, 7) is 2.44. The monoisotopic (exact) mass is 384 g/mol. The minimum Gasteiger partial charge on any atom is -0.493 e. The molecule has 146 valence electrons. The number of rotatable bonds is 8. The van der Waals surface area contributed by atoms with Crippen molar-refractivity contribution < 1.29 is 23.2 Å². The number of nitrogens with one attached hydrogen (secondary N) is 1. The number of carbonyl (C=O) groups is 1. The largest absolute Gasteiger partial charge is 0.493 e. The normalized spacial score (nSPS) is 10.5. The van der Waals surface area contributed by atoms with Crippen LogP contribution in [-0.4, -0.2) is 24.7 Å². The van der Waals surface area contributed by atoms with E-state index in [1.54, 1.807) is 19.2 Å². The van der Waals surface area contributed by atoms with Gasteiger partial charge in [0.15, 0.2) is 23.0 Å². The highest BCUT2D eigenvalue weighted by Gasteiger charge is 2.13. The zero-order valence-electron chi connectivity index (χ0n) is 15.7. The molecule has 0 fully saturated rings. The first-order valence-electron chi connectivity index (χ1n) is 8.81. The van der Waals surface area contributed by atoms with Gasteiger partial charge in [0.25, 0.3) is 5.91 Å². The van der Waals surface area contributed by atoms with Gasteiger partial charge in [0.05, 0.1) is 7.11 Å². The van der Waals surface area contributed by atoms with E-state index >= 15 is 0 Å². The Morgan fingerprint density at radius 2 is 2.04 bits per heavy atom. The summed E-state index contributed by atoms with van der Waals surface area (Å²) in [6.07, 6.45) is 0.518. The van der Waals surface area contributed by atoms with Gasteiger partial charge in [-0.2, -0.15) is 0 Å². The maximum absolute atomic E-state index is 13.2. The topological polar surface area (TPSA) is 73.6 Å². The molecule has 6 nitrogen and oxygen atoms in total. The first-order chi connectivity index (χ1) is 13.5. The molecule has 1 N–H and O–H groups in total. The predicted octanol–water partition coefficient (Wildman–Crippen LogP) is 3.68. The number of nitrogens with zero attached hydrogens (tertiary/aromatic N) is 1. The fourth-order valence-electron chi connectivity index (χ4n) is 2.63. The van der Waals surface area contributed by atoms with Gasteiger partial charge in [0.2, 0.25) is 0 Å². The molecule has 28 heavy (non-hydrogen) atoms. The number of methoxy groups -OCH3 is 1. The van der Waals surface area contributed by atoms with E-state index in [1.165, 1.54) is 18.2 Å². The molecule has 0 saturated heterocycles. The zero-order chi connectivity index (χ0) is 19.9. The van der Waals surface area contributed by atoms with Crippen LogP contribution in [0.1, 0.15) is 27.4 Å². The molecule has 0 bridgehead atoms. The highest BCUT2D eigenvalue weighted by atomic mass is 19.1. The predicted molar refractivity (Wildman–Crippen MR) is 101 cm³/mol. The average Bonchev–Trinajstić information content (AvgIpc) is 3.16. The zero-order valence-corrected chi connectivity index (χ0v) is 15.7. The third kappa shape index (κ3) is 5.09. The lowest BCUT2D eigenvalue weighted by molar-refractivity contribution is 0.0944. The second kappa shape index (κ2) is 9.03. The summed E-state index contributed by atoms with van der Waals surface area (Å²) in [6, 6.07) is 13.4. The number of hydrogen-bond donors (Lipinski definition) is 1. The third-order valence-corrected chi connectivity index (χ3v) is 4.07. The molecule has 1 amide bonds. The molecule has 3 rings (SSSR count). The van der Waals surface area contributed by atoms with Crippen molar-refractivity contribution in [2.45, 2.75) is 20.0 Å². The number of aromatic nitrogens is 1. The van der Waals surface area contributed by atoms with Gasteiger partial charge in [-0.1, -0.05) is 23.4 Å². The smallest absolute Gasteiger partial charge is 0.273 e. The fraction of sp³-hybridized carbons (Fsp3) is 0.238. The lowest BCUT2D eigenvalue weighted by atomic mass is 10.1. The van der Waals surface area contributed by atoms with Gasteiger partial charge in [-0.25, -0.2) is 4.39 Å². The Kier molecular flexibility index (Phi) is 6.26. The van der Waals surface area contributed by atoms with Crippen molar-refractivity contribution in [3.05, 3.63) is 76.9 Å². The van der Waals surface area contributed by atoms with Crippen molar-refractivity contribution in [2.75, 3.05) is 13.7 Å². The number of halogens is 1. The van der Waals surface area contributed by atoms with Gasteiger partial charge in [-0.3, -0.25) is 4.79 Å². The summed E-state index contributed by atoms with van der Waals surface area (Å²) in [4.78, 5) is 12.2. The number of hydrogen-bond acceptors (Lipinski definition) is 5. The van der Waals surface area contributed by atoms with Gasteiger partial charge in [0.1, 0.15) is 12.4 Å². The molecule has 0 aliphatic heterocycles. The van der Waals surface area contributed by atoms with Crippen LogP contribution < -0.4 is 14.8 Å². The van der Waals surface area contributed by atoms with Crippen LogP contribution in [0.4, 0.5) is 4.39 Å². The summed E-state index contributed by atoms with van der Waals surface area (Å²) < 4.78 is 29.3. The fourth-order valence-corrected chi connectivity index (χ4v) is 2.63. The molecule has 0 aliphatic carbocycles. The summed E-state index contributed by atoms with van der Waals surface area (Å²) in [5, 5.41) is 6.50. The van der Waals surface area contributed by atoms with Crippen LogP contribution in [-0.2, 0) is 13.0 Å². The van der Waals surface area contributed by atoms with Gasteiger partial charge in [0, 0.05) is 12.6 Å². The van der Waals surface area contributed by atoms with Gasteiger partial charge in [-0.05, 0) is 48.7 Å². The molecule has 3 aromatic rings. The van der Waals surface area contributed by atoms with E-state index < -0.39 is 0 Å². The summed E-state index contributed by atoms with van der Waals surface area (Å²) in [7, 11) is 1.57. The molecule has 0 saturated carbocycles. The Hall–Kier alpha value is -3.35. The molecule has 7 heteroatoms. The maximum atomic E-state index is 13.2. The molecule has 2 aromatic carbocycles. The molecule has 0 spiro atoms. The molecule has 0 aliphatic rings. The van der Waals surface area contributed by atoms with Crippen molar-refractivity contribution in [3.8, 4) is 11.5 Å². The number of ether oxygens (including phenoxy) is 2. The van der Waals surface area contributed by atoms with E-state index in [2.05, 4.69) is 10.5 Å². The van der Waals surface area contributed by atoms with Crippen LogP contribution in [0.3, 0.4) is 0 Å². The summed E-state index contributed by atoms with van der Waals surface area (Å²) in [5.41, 5.74) is 2.02. The molecule has 1 heterocycles. The van der Waals surface area contributed by atoms with E-state index in [-0.39, 0.29) is 24.0 Å². The first-order valence-corrected chi connectivity index (χ1v) is 8.81. The molecule has 0 atom stereocenters. The van der Waals surface area contributed by atoms with Crippen molar-refractivity contribution in [3.63, 3.8) is 0 Å². The number of amides is 1. The lowest BCUT2D eigenvalue weighted by Crippen LogP contribution is -2.25. The van der Waals surface area contributed by atoms with Crippen molar-refractivity contribution in [1.29, 1.82) is 0 Å². The third-order valence-electron chi connectivity index (χ3n) is 4.07. The minimum absolute atomic E-state index is 0.114. The van der Waals surface area contributed by atoms with Crippen LogP contribution in [0.2, 0.25) is 0 Å². The Morgan fingerprint density at radius 1 is 1.18 bits per heavy atom. The second-order valence-corrected chi connectivity index (χ2v) is 6.26. The first kappa shape index (κ1) is 19.4. The average molecular weight is 384 g/mol. The number of benzene rings is 2. The van der Waals surface area contributed by atoms with Gasteiger partial charge in [-0.15, -0.1) is 0 Å². The second-order valence-electron chi connectivity index (χ2n) is 6.26. The van der Waals surface area contributed by atoms with Crippen LogP contribution in [0.25, 0.3) is 0 Å². The Bertz CT molecular complexity index is 955. The van der Waals surface area contributed by atoms with Crippen LogP contribution >= 0.6 is 0 Å². The molecular weight excluding hydrogens is 363 g/mol. The van der Waals surface area contributed by atoms with Crippen LogP contribution in [0.5, 0.6) is 11.5 Å². The van der Waals surface area contributed by atoms with Gasteiger partial charge < -0.3 is 19.3 Å². The van der Waals surface area contributed by atoms with E-state index in [9.17, 15) is 9.18 Å². The SMILES string of the molecule is COc1cc(C)ccc1OCc1cc(C(=O)NCCc2cccc(F)c2)no1. The molecular formula is C21H21FN2O4. The minimum atomic E-state index is -0.362. The Morgan fingerprint density at radius 3 is 2.82 bits per heavy atom.